The first-order chi connectivity index (χ1) is 13.0. The molecule has 1 atom stereocenters. The highest BCUT2D eigenvalue weighted by molar-refractivity contribution is 5.94. The third kappa shape index (κ3) is 5.32. The van der Waals surface area contributed by atoms with Crippen LogP contribution in [0, 0.1) is 6.92 Å². The summed E-state index contributed by atoms with van der Waals surface area (Å²) >= 11 is 0. The highest BCUT2D eigenvalue weighted by Crippen LogP contribution is 2.19. The maximum absolute atomic E-state index is 12.9. The van der Waals surface area contributed by atoms with Gasteiger partial charge in [-0.05, 0) is 57.8 Å². The second-order valence-corrected chi connectivity index (χ2v) is 8.03. The summed E-state index contributed by atoms with van der Waals surface area (Å²) in [7, 11) is 0. The molecule has 1 aromatic carbocycles. The van der Waals surface area contributed by atoms with E-state index in [0.29, 0.717) is 6.54 Å². The average Bonchev–Trinajstić information content (AvgIpc) is 2.68. The van der Waals surface area contributed by atoms with E-state index in [2.05, 4.69) is 4.90 Å². The van der Waals surface area contributed by atoms with Gasteiger partial charge in [0.05, 0.1) is 0 Å². The molecule has 2 aliphatic heterocycles. The number of likely N-dealkylation sites (tertiary alicyclic amines) is 2. The number of aryl methyl sites for hydroxylation is 1. The number of carbonyl (C=O) groups is 2. The molecule has 2 aliphatic rings. The second-order valence-electron chi connectivity index (χ2n) is 8.03. The number of amides is 2. The molecular formula is C22H33N3O2. The van der Waals surface area contributed by atoms with E-state index in [-0.39, 0.29) is 17.9 Å². The fourth-order valence-electron chi connectivity index (χ4n) is 4.38. The topological polar surface area (TPSA) is 43.9 Å². The summed E-state index contributed by atoms with van der Waals surface area (Å²) in [4.78, 5) is 31.6. The number of rotatable bonds is 5. The monoisotopic (exact) mass is 371 g/mol. The molecule has 0 aliphatic carbocycles. The number of nitrogens with zero attached hydrogens (tertiary/aromatic N) is 3. The largest absolute Gasteiger partial charge is 0.337 e. The minimum Gasteiger partial charge on any atom is -0.337 e. The summed E-state index contributed by atoms with van der Waals surface area (Å²) in [5.41, 5.74) is 1.85. The van der Waals surface area contributed by atoms with Crippen molar-refractivity contribution in [2.24, 2.45) is 0 Å². The molecule has 2 amide bonds. The molecule has 0 aromatic heterocycles. The van der Waals surface area contributed by atoms with Crippen molar-refractivity contribution in [3.05, 3.63) is 35.4 Å². The Kier molecular flexibility index (Phi) is 6.89. The quantitative estimate of drug-likeness (QED) is 0.799. The Balaban J connectivity index is 1.61. The predicted octanol–water partition coefficient (Wildman–Crippen LogP) is 2.93. The van der Waals surface area contributed by atoms with Gasteiger partial charge in [-0.25, -0.2) is 0 Å². The molecule has 1 aromatic rings. The van der Waals surface area contributed by atoms with Gasteiger partial charge < -0.3 is 14.7 Å². The van der Waals surface area contributed by atoms with Crippen molar-refractivity contribution in [3.8, 4) is 0 Å². The van der Waals surface area contributed by atoms with Gasteiger partial charge in [0.2, 0.25) is 5.91 Å². The third-order valence-electron chi connectivity index (χ3n) is 5.90. The summed E-state index contributed by atoms with van der Waals surface area (Å²) in [5, 5.41) is 0. The summed E-state index contributed by atoms with van der Waals surface area (Å²) in [5.74, 6) is 0.213. The highest BCUT2D eigenvalue weighted by atomic mass is 16.2. The summed E-state index contributed by atoms with van der Waals surface area (Å²) < 4.78 is 0. The first-order valence-corrected chi connectivity index (χ1v) is 10.4. The first-order valence-electron chi connectivity index (χ1n) is 10.4. The van der Waals surface area contributed by atoms with Crippen LogP contribution >= 0.6 is 0 Å². The summed E-state index contributed by atoms with van der Waals surface area (Å²) in [6, 6.07) is 7.91. The lowest BCUT2D eigenvalue weighted by Crippen LogP contribution is -2.53. The highest BCUT2D eigenvalue weighted by Gasteiger charge is 2.30. The van der Waals surface area contributed by atoms with Crippen LogP contribution in [0.25, 0.3) is 0 Å². The van der Waals surface area contributed by atoms with Crippen LogP contribution in [0.3, 0.4) is 0 Å². The lowest BCUT2D eigenvalue weighted by molar-refractivity contribution is -0.132. The molecule has 2 saturated heterocycles. The molecule has 0 radical (unpaired) electrons. The van der Waals surface area contributed by atoms with Crippen molar-refractivity contribution in [1.82, 2.24) is 14.7 Å². The van der Waals surface area contributed by atoms with E-state index in [1.807, 2.05) is 41.0 Å². The number of piperidine rings is 2. The Bertz CT molecular complexity index is 655. The van der Waals surface area contributed by atoms with Crippen LogP contribution in [0.1, 0.15) is 54.9 Å². The van der Waals surface area contributed by atoms with E-state index in [1.54, 1.807) is 6.92 Å². The van der Waals surface area contributed by atoms with Crippen molar-refractivity contribution in [2.45, 2.75) is 52.0 Å². The molecule has 3 rings (SSSR count). The zero-order valence-electron chi connectivity index (χ0n) is 16.8. The molecule has 148 valence electrons. The molecule has 2 fully saturated rings. The zero-order chi connectivity index (χ0) is 19.2. The van der Waals surface area contributed by atoms with Crippen LogP contribution in [-0.2, 0) is 4.79 Å². The van der Waals surface area contributed by atoms with Crippen molar-refractivity contribution < 1.29 is 9.59 Å². The average molecular weight is 372 g/mol. The second kappa shape index (κ2) is 9.36. The standard InChI is InChI=1S/C22H33N3O2/c1-18-8-6-9-20(16-18)22(27)24-13-7-10-21(17-24)25(19(2)26)15-14-23-11-4-3-5-12-23/h6,8-9,16,21H,3-5,7,10-15,17H2,1-2H3. The number of carbonyl (C=O) groups excluding carboxylic acids is 2. The Morgan fingerprint density at radius 3 is 2.59 bits per heavy atom. The van der Waals surface area contributed by atoms with Gasteiger partial charge in [-0.15, -0.1) is 0 Å². The van der Waals surface area contributed by atoms with E-state index >= 15 is 0 Å². The van der Waals surface area contributed by atoms with Crippen molar-refractivity contribution in [1.29, 1.82) is 0 Å². The Labute approximate surface area is 163 Å². The van der Waals surface area contributed by atoms with E-state index in [0.717, 1.165) is 56.7 Å². The molecule has 27 heavy (non-hydrogen) atoms. The van der Waals surface area contributed by atoms with Crippen LogP contribution in [-0.4, -0.2) is 71.8 Å². The van der Waals surface area contributed by atoms with E-state index in [4.69, 9.17) is 0 Å². The molecule has 1 unspecified atom stereocenters. The number of hydrogen-bond donors (Lipinski definition) is 0. The van der Waals surface area contributed by atoms with Crippen LogP contribution in [0.15, 0.2) is 24.3 Å². The van der Waals surface area contributed by atoms with E-state index in [9.17, 15) is 9.59 Å². The zero-order valence-corrected chi connectivity index (χ0v) is 16.8. The normalized spacial score (nSPS) is 21.1. The fourth-order valence-corrected chi connectivity index (χ4v) is 4.38. The van der Waals surface area contributed by atoms with Gasteiger partial charge >= 0.3 is 0 Å². The molecule has 0 saturated carbocycles. The van der Waals surface area contributed by atoms with Crippen LogP contribution in [0.4, 0.5) is 0 Å². The van der Waals surface area contributed by atoms with Crippen molar-refractivity contribution in [3.63, 3.8) is 0 Å². The van der Waals surface area contributed by atoms with Gasteiger partial charge in [-0.2, -0.15) is 0 Å². The van der Waals surface area contributed by atoms with Gasteiger partial charge in [0, 0.05) is 44.7 Å². The third-order valence-corrected chi connectivity index (χ3v) is 5.90. The summed E-state index contributed by atoms with van der Waals surface area (Å²) in [6.07, 6.45) is 5.79. The van der Waals surface area contributed by atoms with E-state index < -0.39 is 0 Å². The van der Waals surface area contributed by atoms with Gasteiger partial charge in [-0.1, -0.05) is 24.1 Å². The van der Waals surface area contributed by atoms with Crippen LogP contribution in [0.5, 0.6) is 0 Å². The van der Waals surface area contributed by atoms with Gasteiger partial charge in [0.1, 0.15) is 0 Å². The molecule has 0 bridgehead atoms. The Morgan fingerprint density at radius 2 is 1.89 bits per heavy atom. The molecule has 5 nitrogen and oxygen atoms in total. The fraction of sp³-hybridized carbons (Fsp3) is 0.636. The molecule has 5 heteroatoms. The lowest BCUT2D eigenvalue weighted by Gasteiger charge is -2.40. The SMILES string of the molecule is CC(=O)N(CCN1CCCCC1)C1CCCN(C(=O)c2cccc(C)c2)C1. The van der Waals surface area contributed by atoms with E-state index in [1.165, 1.54) is 19.3 Å². The minimum absolute atomic E-state index is 0.0860. The van der Waals surface area contributed by atoms with Crippen LogP contribution in [0.2, 0.25) is 0 Å². The van der Waals surface area contributed by atoms with Gasteiger partial charge in [0.25, 0.3) is 5.91 Å². The summed E-state index contributed by atoms with van der Waals surface area (Å²) in [6.45, 7) is 9.11. The molecular weight excluding hydrogens is 338 g/mol. The smallest absolute Gasteiger partial charge is 0.253 e. The van der Waals surface area contributed by atoms with Gasteiger partial charge in [-0.3, -0.25) is 9.59 Å². The molecule has 0 N–H and O–H groups in total. The maximum Gasteiger partial charge on any atom is 0.253 e. The van der Waals surface area contributed by atoms with Crippen molar-refractivity contribution >= 4 is 11.8 Å². The number of hydrogen-bond acceptors (Lipinski definition) is 3. The Hall–Kier alpha value is -1.88. The first kappa shape index (κ1) is 19.9. The van der Waals surface area contributed by atoms with Gasteiger partial charge in [0.15, 0.2) is 0 Å². The van der Waals surface area contributed by atoms with Crippen LogP contribution < -0.4 is 0 Å². The minimum atomic E-state index is 0.0860. The lowest BCUT2D eigenvalue weighted by atomic mass is 10.0. The Morgan fingerprint density at radius 1 is 1.11 bits per heavy atom. The maximum atomic E-state index is 12.9. The van der Waals surface area contributed by atoms with Crippen molar-refractivity contribution in [2.75, 3.05) is 39.3 Å². The molecule has 0 spiro atoms. The molecule has 2 heterocycles. The predicted molar refractivity (Wildman–Crippen MR) is 108 cm³/mol. The number of benzene rings is 1.